The van der Waals surface area contributed by atoms with E-state index in [2.05, 4.69) is 9.30 Å². The van der Waals surface area contributed by atoms with E-state index in [9.17, 15) is 9.59 Å². The summed E-state index contributed by atoms with van der Waals surface area (Å²) in [5.74, 6) is 0.420. The van der Waals surface area contributed by atoms with Gasteiger partial charge < -0.3 is 18.8 Å². The molecule has 0 aliphatic rings. The van der Waals surface area contributed by atoms with E-state index < -0.39 is 5.97 Å². The number of aromatic nitrogens is 1. The van der Waals surface area contributed by atoms with Gasteiger partial charge in [-0.2, -0.15) is 0 Å². The van der Waals surface area contributed by atoms with Crippen LogP contribution in [0.2, 0.25) is 0 Å². The number of carbonyl (C=O) groups excluding carboxylic acids is 2. The van der Waals surface area contributed by atoms with Crippen molar-refractivity contribution in [2.24, 2.45) is 0 Å². The van der Waals surface area contributed by atoms with E-state index >= 15 is 0 Å². The van der Waals surface area contributed by atoms with Crippen molar-refractivity contribution in [2.75, 3.05) is 20.8 Å². The van der Waals surface area contributed by atoms with Crippen molar-refractivity contribution >= 4 is 17.8 Å². The molecular formula is C21H25NO5. The van der Waals surface area contributed by atoms with Crippen molar-refractivity contribution in [2.45, 2.75) is 27.3 Å². The first kappa shape index (κ1) is 20.3. The normalized spacial score (nSPS) is 10.9. The molecule has 2 aromatic rings. The molecule has 6 heteroatoms. The third kappa shape index (κ3) is 4.78. The van der Waals surface area contributed by atoms with Gasteiger partial charge in [0.2, 0.25) is 5.78 Å². The SMILES string of the molecule is CCn1c(C)cc(C(=O)COc2ccc(/C=C/C(=O)OC)cc2OC)c1C. The zero-order chi connectivity index (χ0) is 20.0. The van der Waals surface area contributed by atoms with E-state index in [0.717, 1.165) is 23.5 Å². The van der Waals surface area contributed by atoms with E-state index in [-0.39, 0.29) is 12.4 Å². The van der Waals surface area contributed by atoms with Gasteiger partial charge in [-0.3, -0.25) is 4.79 Å². The van der Waals surface area contributed by atoms with Crippen LogP contribution in [-0.2, 0) is 16.1 Å². The number of methoxy groups -OCH3 is 2. The predicted octanol–water partition coefficient (Wildman–Crippen LogP) is 3.58. The van der Waals surface area contributed by atoms with Crippen LogP contribution in [0.4, 0.5) is 0 Å². The maximum Gasteiger partial charge on any atom is 0.330 e. The molecule has 0 atom stereocenters. The van der Waals surface area contributed by atoms with Crippen molar-refractivity contribution in [3.8, 4) is 11.5 Å². The van der Waals surface area contributed by atoms with Crippen molar-refractivity contribution < 1.29 is 23.8 Å². The maximum atomic E-state index is 12.6. The second-order valence-electron chi connectivity index (χ2n) is 6.01. The van der Waals surface area contributed by atoms with Gasteiger partial charge in [-0.25, -0.2) is 4.79 Å². The third-order valence-electron chi connectivity index (χ3n) is 4.35. The van der Waals surface area contributed by atoms with Crippen molar-refractivity contribution in [3.63, 3.8) is 0 Å². The summed E-state index contributed by atoms with van der Waals surface area (Å²) in [4.78, 5) is 23.7. The fourth-order valence-electron chi connectivity index (χ4n) is 2.93. The van der Waals surface area contributed by atoms with Crippen LogP contribution in [0.5, 0.6) is 11.5 Å². The van der Waals surface area contributed by atoms with Gasteiger partial charge in [0, 0.05) is 29.6 Å². The lowest BCUT2D eigenvalue weighted by Gasteiger charge is -2.11. The number of benzene rings is 1. The predicted molar refractivity (Wildman–Crippen MR) is 103 cm³/mol. The van der Waals surface area contributed by atoms with Gasteiger partial charge in [0.15, 0.2) is 18.1 Å². The van der Waals surface area contributed by atoms with Crippen molar-refractivity contribution in [1.82, 2.24) is 4.57 Å². The molecule has 0 N–H and O–H groups in total. The Kier molecular flexibility index (Phi) is 6.82. The van der Waals surface area contributed by atoms with Crippen LogP contribution in [0, 0.1) is 13.8 Å². The van der Waals surface area contributed by atoms with E-state index in [4.69, 9.17) is 9.47 Å². The Balaban J connectivity index is 2.12. The molecule has 27 heavy (non-hydrogen) atoms. The van der Waals surface area contributed by atoms with Crippen LogP contribution < -0.4 is 9.47 Å². The number of Topliss-reactive ketones (excluding diaryl/α,β-unsaturated/α-hetero) is 1. The quantitative estimate of drug-likeness (QED) is 0.403. The number of carbonyl (C=O) groups is 2. The lowest BCUT2D eigenvalue weighted by molar-refractivity contribution is -0.134. The molecule has 1 heterocycles. The monoisotopic (exact) mass is 371 g/mol. The molecule has 0 unspecified atom stereocenters. The van der Waals surface area contributed by atoms with Gasteiger partial charge in [0.25, 0.3) is 0 Å². The molecule has 0 amide bonds. The third-order valence-corrected chi connectivity index (χ3v) is 4.35. The molecule has 0 saturated carbocycles. The molecular weight excluding hydrogens is 346 g/mol. The molecule has 0 spiro atoms. The first-order chi connectivity index (χ1) is 12.9. The first-order valence-corrected chi connectivity index (χ1v) is 8.68. The highest BCUT2D eigenvalue weighted by Gasteiger charge is 2.16. The van der Waals surface area contributed by atoms with E-state index in [0.29, 0.717) is 17.1 Å². The number of aryl methyl sites for hydroxylation is 1. The van der Waals surface area contributed by atoms with Crippen LogP contribution in [-0.4, -0.2) is 37.1 Å². The Bertz CT molecular complexity index is 864. The minimum Gasteiger partial charge on any atom is -0.493 e. The maximum absolute atomic E-state index is 12.6. The van der Waals surface area contributed by atoms with Gasteiger partial charge in [0.05, 0.1) is 14.2 Å². The summed E-state index contributed by atoms with van der Waals surface area (Å²) in [6.45, 7) is 6.71. The summed E-state index contributed by atoms with van der Waals surface area (Å²) in [6, 6.07) is 7.09. The number of hydrogen-bond acceptors (Lipinski definition) is 5. The summed E-state index contributed by atoms with van der Waals surface area (Å²) in [5, 5.41) is 0. The summed E-state index contributed by atoms with van der Waals surface area (Å²) >= 11 is 0. The highest BCUT2D eigenvalue weighted by Crippen LogP contribution is 2.29. The molecule has 0 aliphatic heterocycles. The highest BCUT2D eigenvalue weighted by molar-refractivity contribution is 5.98. The topological polar surface area (TPSA) is 66.8 Å². The second-order valence-corrected chi connectivity index (χ2v) is 6.01. The average molecular weight is 371 g/mol. The fraction of sp³-hybridized carbons (Fsp3) is 0.333. The Morgan fingerprint density at radius 1 is 1.11 bits per heavy atom. The van der Waals surface area contributed by atoms with Crippen LogP contribution in [0.1, 0.15) is 34.2 Å². The number of ether oxygens (including phenoxy) is 3. The average Bonchev–Trinajstić information content (AvgIpc) is 2.97. The van der Waals surface area contributed by atoms with Crippen LogP contribution >= 0.6 is 0 Å². The smallest absolute Gasteiger partial charge is 0.330 e. The second kappa shape index (κ2) is 9.07. The van der Waals surface area contributed by atoms with E-state index in [1.54, 1.807) is 24.3 Å². The summed E-state index contributed by atoms with van der Waals surface area (Å²) in [7, 11) is 2.84. The number of rotatable bonds is 8. The molecule has 2 rings (SSSR count). The number of hydrogen-bond donors (Lipinski definition) is 0. The zero-order valence-corrected chi connectivity index (χ0v) is 16.4. The molecule has 0 radical (unpaired) electrons. The molecule has 0 bridgehead atoms. The molecule has 144 valence electrons. The van der Waals surface area contributed by atoms with Gasteiger partial charge >= 0.3 is 5.97 Å². The Morgan fingerprint density at radius 3 is 2.44 bits per heavy atom. The Labute approximate surface area is 159 Å². The largest absolute Gasteiger partial charge is 0.493 e. The lowest BCUT2D eigenvalue weighted by atomic mass is 10.1. The zero-order valence-electron chi connectivity index (χ0n) is 16.4. The number of esters is 1. The summed E-state index contributed by atoms with van der Waals surface area (Å²) in [5.41, 5.74) is 3.42. The molecule has 0 fully saturated rings. The van der Waals surface area contributed by atoms with Gasteiger partial charge in [0.1, 0.15) is 0 Å². The fourth-order valence-corrected chi connectivity index (χ4v) is 2.93. The Hall–Kier alpha value is -3.02. The molecule has 1 aromatic heterocycles. The molecule has 6 nitrogen and oxygen atoms in total. The minimum atomic E-state index is -0.440. The summed E-state index contributed by atoms with van der Waals surface area (Å²) < 4.78 is 17.7. The first-order valence-electron chi connectivity index (χ1n) is 8.68. The van der Waals surface area contributed by atoms with Crippen LogP contribution in [0.3, 0.4) is 0 Å². The molecule has 0 aliphatic carbocycles. The Morgan fingerprint density at radius 2 is 1.85 bits per heavy atom. The van der Waals surface area contributed by atoms with Crippen LogP contribution in [0.15, 0.2) is 30.3 Å². The standard InChI is InChI=1S/C21H25NO5/c1-6-22-14(2)11-17(15(22)3)18(23)13-27-19-9-7-16(12-20(19)25-4)8-10-21(24)26-5/h7-12H,6,13H2,1-5H3/b10-8+. The van der Waals surface area contributed by atoms with Crippen LogP contribution in [0.25, 0.3) is 6.08 Å². The van der Waals surface area contributed by atoms with Gasteiger partial charge in [-0.15, -0.1) is 0 Å². The molecule has 0 saturated heterocycles. The number of ketones is 1. The van der Waals surface area contributed by atoms with E-state index in [1.165, 1.54) is 20.3 Å². The highest BCUT2D eigenvalue weighted by atomic mass is 16.5. The summed E-state index contributed by atoms with van der Waals surface area (Å²) in [6.07, 6.45) is 2.94. The van der Waals surface area contributed by atoms with Crippen molar-refractivity contribution in [3.05, 3.63) is 52.9 Å². The van der Waals surface area contributed by atoms with Crippen molar-refractivity contribution in [1.29, 1.82) is 0 Å². The molecule has 1 aromatic carbocycles. The number of nitrogens with zero attached hydrogens (tertiary/aromatic N) is 1. The lowest BCUT2D eigenvalue weighted by Crippen LogP contribution is -2.13. The van der Waals surface area contributed by atoms with Gasteiger partial charge in [-0.1, -0.05) is 6.07 Å². The van der Waals surface area contributed by atoms with E-state index in [1.807, 2.05) is 26.8 Å². The van der Waals surface area contributed by atoms with Gasteiger partial charge in [-0.05, 0) is 50.6 Å². The minimum absolute atomic E-state index is 0.0816.